The molecule has 5 rings (SSSR count). The van der Waals surface area contributed by atoms with Gasteiger partial charge in [0.2, 0.25) is 0 Å². The van der Waals surface area contributed by atoms with Crippen molar-refractivity contribution in [2.75, 3.05) is 0 Å². The van der Waals surface area contributed by atoms with Crippen molar-refractivity contribution < 1.29 is 4.79 Å². The predicted molar refractivity (Wildman–Crippen MR) is 118 cm³/mol. The monoisotopic (exact) mass is 406 g/mol. The minimum atomic E-state index is -0.147. The molecule has 0 spiro atoms. The van der Waals surface area contributed by atoms with Crippen LogP contribution >= 0.6 is 0 Å². The quantitative estimate of drug-likeness (QED) is 0.480. The minimum Gasteiger partial charge on any atom is -0.348 e. The van der Waals surface area contributed by atoms with E-state index in [0.29, 0.717) is 17.9 Å². The van der Waals surface area contributed by atoms with Crippen LogP contribution in [0.3, 0.4) is 0 Å². The molecule has 0 saturated carbocycles. The number of benzene rings is 2. The Morgan fingerprint density at radius 2 is 1.71 bits per heavy atom. The topological polar surface area (TPSA) is 85.6 Å². The highest BCUT2D eigenvalue weighted by atomic mass is 16.1. The van der Waals surface area contributed by atoms with Crippen LogP contribution in [0, 0.1) is 0 Å². The predicted octanol–water partition coefficient (Wildman–Crippen LogP) is 3.81. The number of hydrogen-bond donors (Lipinski definition) is 1. The molecule has 0 atom stereocenters. The number of carbonyl (C=O) groups excluding carboxylic acids is 1. The van der Waals surface area contributed by atoms with Gasteiger partial charge < -0.3 is 5.32 Å². The average Bonchev–Trinajstić information content (AvgIpc) is 3.37. The molecule has 3 aromatic heterocycles. The Kier molecular flexibility index (Phi) is 4.90. The molecule has 5 aromatic rings. The standard InChI is InChI=1S/C24H18N6O/c31-24(28-14-18-4-3-11-27-23(18)30-16-26-15-29-30)22-8-7-19(17-9-12-25-13-10-17)20-5-1-2-6-21(20)22/h1-13,15-16H,14H2,(H,28,31). The number of aromatic nitrogens is 5. The maximum atomic E-state index is 13.1. The van der Waals surface area contributed by atoms with E-state index < -0.39 is 0 Å². The van der Waals surface area contributed by atoms with Crippen LogP contribution in [-0.4, -0.2) is 30.6 Å². The molecule has 7 nitrogen and oxygen atoms in total. The van der Waals surface area contributed by atoms with Crippen LogP contribution in [0.2, 0.25) is 0 Å². The lowest BCUT2D eigenvalue weighted by Crippen LogP contribution is -2.24. The highest BCUT2D eigenvalue weighted by Crippen LogP contribution is 2.30. The first kappa shape index (κ1) is 18.6. The van der Waals surface area contributed by atoms with Gasteiger partial charge in [-0.25, -0.2) is 14.6 Å². The number of pyridine rings is 2. The van der Waals surface area contributed by atoms with Crippen molar-refractivity contribution in [3.05, 3.63) is 103 Å². The summed E-state index contributed by atoms with van der Waals surface area (Å²) in [6.07, 6.45) is 8.26. The van der Waals surface area contributed by atoms with Crippen molar-refractivity contribution in [1.82, 2.24) is 30.0 Å². The summed E-state index contributed by atoms with van der Waals surface area (Å²) in [6, 6.07) is 19.5. The molecule has 1 N–H and O–H groups in total. The Labute approximate surface area is 178 Å². The Morgan fingerprint density at radius 3 is 2.52 bits per heavy atom. The smallest absolute Gasteiger partial charge is 0.252 e. The Bertz CT molecular complexity index is 1350. The molecule has 31 heavy (non-hydrogen) atoms. The zero-order chi connectivity index (χ0) is 21.0. The van der Waals surface area contributed by atoms with E-state index in [1.807, 2.05) is 60.7 Å². The van der Waals surface area contributed by atoms with Gasteiger partial charge in [0.1, 0.15) is 12.7 Å². The van der Waals surface area contributed by atoms with Gasteiger partial charge in [-0.2, -0.15) is 5.10 Å². The van der Waals surface area contributed by atoms with Crippen molar-refractivity contribution in [2.24, 2.45) is 0 Å². The van der Waals surface area contributed by atoms with E-state index in [-0.39, 0.29) is 5.91 Å². The minimum absolute atomic E-state index is 0.147. The summed E-state index contributed by atoms with van der Waals surface area (Å²) < 4.78 is 1.58. The molecule has 3 heterocycles. The van der Waals surface area contributed by atoms with E-state index in [2.05, 4.69) is 25.4 Å². The van der Waals surface area contributed by atoms with E-state index in [4.69, 9.17) is 0 Å². The summed E-state index contributed by atoms with van der Waals surface area (Å²) in [6.45, 7) is 0.322. The highest BCUT2D eigenvalue weighted by Gasteiger charge is 2.14. The fraction of sp³-hybridized carbons (Fsp3) is 0.0417. The molecule has 0 saturated heterocycles. The van der Waals surface area contributed by atoms with Crippen LogP contribution in [0.5, 0.6) is 0 Å². The molecular formula is C24H18N6O. The molecule has 1 amide bonds. The summed E-state index contributed by atoms with van der Waals surface area (Å²) in [5.41, 5.74) is 3.60. The third kappa shape index (κ3) is 3.64. The number of rotatable bonds is 5. The fourth-order valence-corrected chi connectivity index (χ4v) is 3.64. The number of nitrogens with one attached hydrogen (secondary N) is 1. The van der Waals surface area contributed by atoms with Crippen molar-refractivity contribution in [1.29, 1.82) is 0 Å². The number of amides is 1. The van der Waals surface area contributed by atoms with Crippen molar-refractivity contribution in [2.45, 2.75) is 6.54 Å². The molecule has 0 aliphatic heterocycles. The largest absolute Gasteiger partial charge is 0.348 e. The number of fused-ring (bicyclic) bond motifs is 1. The Morgan fingerprint density at radius 1 is 0.871 bits per heavy atom. The van der Waals surface area contributed by atoms with E-state index in [9.17, 15) is 4.79 Å². The third-order valence-electron chi connectivity index (χ3n) is 5.10. The highest BCUT2D eigenvalue weighted by molar-refractivity contribution is 6.10. The van der Waals surface area contributed by atoms with Crippen molar-refractivity contribution in [3.63, 3.8) is 0 Å². The van der Waals surface area contributed by atoms with Gasteiger partial charge in [-0.15, -0.1) is 0 Å². The molecule has 0 bridgehead atoms. The van der Waals surface area contributed by atoms with Gasteiger partial charge in [0.25, 0.3) is 5.91 Å². The summed E-state index contributed by atoms with van der Waals surface area (Å²) in [5.74, 6) is 0.490. The van der Waals surface area contributed by atoms with Gasteiger partial charge in [-0.3, -0.25) is 9.78 Å². The molecule has 0 aliphatic rings. The second-order valence-electron chi connectivity index (χ2n) is 6.95. The number of nitrogens with zero attached hydrogens (tertiary/aromatic N) is 5. The van der Waals surface area contributed by atoms with Gasteiger partial charge in [-0.05, 0) is 46.2 Å². The van der Waals surface area contributed by atoms with Crippen LogP contribution < -0.4 is 5.32 Å². The molecule has 7 heteroatoms. The van der Waals surface area contributed by atoms with Gasteiger partial charge in [0.05, 0.1) is 0 Å². The lowest BCUT2D eigenvalue weighted by Gasteiger charge is -2.13. The van der Waals surface area contributed by atoms with Gasteiger partial charge >= 0.3 is 0 Å². The third-order valence-corrected chi connectivity index (χ3v) is 5.10. The normalized spacial score (nSPS) is 10.8. The van der Waals surface area contributed by atoms with Crippen molar-refractivity contribution >= 4 is 16.7 Å². The van der Waals surface area contributed by atoms with Gasteiger partial charge in [0, 0.05) is 36.3 Å². The number of carbonyl (C=O) groups is 1. The van der Waals surface area contributed by atoms with Crippen LogP contribution in [0.1, 0.15) is 15.9 Å². The fourth-order valence-electron chi connectivity index (χ4n) is 3.64. The Balaban J connectivity index is 1.46. The first-order chi connectivity index (χ1) is 15.3. The molecule has 0 unspecified atom stereocenters. The summed E-state index contributed by atoms with van der Waals surface area (Å²) in [7, 11) is 0. The van der Waals surface area contributed by atoms with E-state index in [1.165, 1.54) is 6.33 Å². The molecule has 0 aliphatic carbocycles. The molecule has 2 aromatic carbocycles. The Hall–Kier alpha value is -4.39. The van der Waals surface area contributed by atoms with Crippen molar-refractivity contribution in [3.8, 4) is 16.9 Å². The number of hydrogen-bond acceptors (Lipinski definition) is 5. The van der Waals surface area contributed by atoms with Gasteiger partial charge in [0.15, 0.2) is 5.82 Å². The molecule has 150 valence electrons. The summed E-state index contributed by atoms with van der Waals surface area (Å²) in [5, 5.41) is 9.08. The zero-order valence-corrected chi connectivity index (χ0v) is 16.5. The lowest BCUT2D eigenvalue weighted by molar-refractivity contribution is 0.0952. The second kappa shape index (κ2) is 8.16. The van der Waals surface area contributed by atoms with Crippen LogP contribution in [0.15, 0.2) is 91.9 Å². The molecular weight excluding hydrogens is 388 g/mol. The maximum Gasteiger partial charge on any atom is 0.252 e. The van der Waals surface area contributed by atoms with Crippen LogP contribution in [0.4, 0.5) is 0 Å². The molecule has 0 radical (unpaired) electrons. The van der Waals surface area contributed by atoms with E-state index >= 15 is 0 Å². The van der Waals surface area contributed by atoms with Gasteiger partial charge in [-0.1, -0.05) is 36.4 Å². The SMILES string of the molecule is O=C(NCc1cccnc1-n1cncn1)c1ccc(-c2ccncc2)c2ccccc12. The van der Waals surface area contributed by atoms with Crippen LogP contribution in [0.25, 0.3) is 27.7 Å². The zero-order valence-electron chi connectivity index (χ0n) is 16.5. The first-order valence-electron chi connectivity index (χ1n) is 9.80. The lowest BCUT2D eigenvalue weighted by atomic mass is 9.95. The summed E-state index contributed by atoms with van der Waals surface area (Å²) >= 11 is 0. The average molecular weight is 406 g/mol. The van der Waals surface area contributed by atoms with E-state index in [0.717, 1.165) is 27.5 Å². The van der Waals surface area contributed by atoms with E-state index in [1.54, 1.807) is 29.6 Å². The second-order valence-corrected chi connectivity index (χ2v) is 6.95. The summed E-state index contributed by atoms with van der Waals surface area (Å²) in [4.78, 5) is 25.5. The first-order valence-corrected chi connectivity index (χ1v) is 9.80. The molecule has 0 fully saturated rings. The maximum absolute atomic E-state index is 13.1. The van der Waals surface area contributed by atoms with Crippen LogP contribution in [-0.2, 0) is 6.54 Å².